The summed E-state index contributed by atoms with van der Waals surface area (Å²) in [6.45, 7) is 0.0632. The minimum atomic E-state index is -2.92. The Bertz CT molecular complexity index is 1070. The molecule has 2 aromatic rings. The number of alkyl halides is 2. The number of aromatic nitrogens is 1. The Hall–Kier alpha value is -3.01. The molecule has 0 N–H and O–H groups in total. The average Bonchev–Trinajstić information content (AvgIpc) is 3.47. The zero-order valence-corrected chi connectivity index (χ0v) is 16.3. The van der Waals surface area contributed by atoms with Gasteiger partial charge in [-0.05, 0) is 30.7 Å². The first-order valence-corrected chi connectivity index (χ1v) is 9.61. The molecule has 1 aliphatic rings. The fraction of sp³-hybridized carbons (Fsp3) is 0.316. The Morgan fingerprint density at radius 1 is 1.24 bits per heavy atom. The molecule has 0 atom stereocenters. The van der Waals surface area contributed by atoms with Crippen molar-refractivity contribution in [3.63, 3.8) is 0 Å². The lowest BCUT2D eigenvalue weighted by Gasteiger charge is -2.03. The molecule has 29 heavy (non-hydrogen) atoms. The van der Waals surface area contributed by atoms with E-state index >= 15 is 0 Å². The molecular formula is C19H18F2N2O5S. The van der Waals surface area contributed by atoms with Gasteiger partial charge in [0, 0.05) is 13.1 Å². The van der Waals surface area contributed by atoms with Crippen molar-refractivity contribution < 1.29 is 27.8 Å². The molecule has 1 aliphatic heterocycles. The number of thiazole rings is 1. The largest absolute Gasteiger partial charge is 0.463 e. The summed E-state index contributed by atoms with van der Waals surface area (Å²) < 4.78 is 35.5. The van der Waals surface area contributed by atoms with Gasteiger partial charge in [-0.2, -0.15) is 8.78 Å². The summed E-state index contributed by atoms with van der Waals surface area (Å²) in [5, 5.41) is 0. The van der Waals surface area contributed by atoms with Crippen molar-refractivity contribution in [2.45, 2.75) is 20.1 Å². The summed E-state index contributed by atoms with van der Waals surface area (Å²) >= 11 is 1.04. The molecule has 0 radical (unpaired) electrons. The normalized spacial score (nSPS) is 14.4. The Balaban J connectivity index is 1.98. The van der Waals surface area contributed by atoms with Crippen LogP contribution < -0.4 is 19.5 Å². The number of benzene rings is 1. The van der Waals surface area contributed by atoms with Gasteiger partial charge in [-0.25, -0.2) is 4.79 Å². The smallest absolute Gasteiger partial charge is 0.387 e. The first kappa shape index (κ1) is 20.7. The van der Waals surface area contributed by atoms with Gasteiger partial charge in [0.15, 0.2) is 0 Å². The SMILES string of the molecule is CCOC(=O)/C=c1\s/c(=C\c2ccc(OC(F)F)cc2)c(=O)n1CC(=O)N1CC1. The third-order valence-electron chi connectivity index (χ3n) is 3.96. The minimum Gasteiger partial charge on any atom is -0.463 e. The number of carbonyl (C=O) groups is 2. The van der Waals surface area contributed by atoms with Crippen LogP contribution in [0.3, 0.4) is 0 Å². The van der Waals surface area contributed by atoms with Crippen LogP contribution in [0.25, 0.3) is 12.2 Å². The molecule has 3 rings (SSSR count). The number of hydrogen-bond acceptors (Lipinski definition) is 6. The lowest BCUT2D eigenvalue weighted by Crippen LogP contribution is -2.36. The Morgan fingerprint density at radius 2 is 1.93 bits per heavy atom. The Kier molecular flexibility index (Phi) is 6.42. The molecule has 1 aromatic carbocycles. The summed E-state index contributed by atoms with van der Waals surface area (Å²) in [4.78, 5) is 38.4. The number of hydrogen-bond donors (Lipinski definition) is 0. The molecule has 1 saturated heterocycles. The molecule has 0 aliphatic carbocycles. The number of carbonyl (C=O) groups excluding carboxylic acids is 2. The van der Waals surface area contributed by atoms with E-state index in [9.17, 15) is 23.2 Å². The van der Waals surface area contributed by atoms with Crippen LogP contribution >= 0.6 is 11.3 Å². The molecule has 10 heteroatoms. The number of halogens is 2. The highest BCUT2D eigenvalue weighted by molar-refractivity contribution is 7.07. The second kappa shape index (κ2) is 8.99. The Morgan fingerprint density at radius 3 is 2.52 bits per heavy atom. The quantitative estimate of drug-likeness (QED) is 0.479. The number of rotatable bonds is 7. The van der Waals surface area contributed by atoms with E-state index in [-0.39, 0.29) is 24.8 Å². The summed E-state index contributed by atoms with van der Waals surface area (Å²) in [7, 11) is 0. The number of nitrogens with zero attached hydrogens (tertiary/aromatic N) is 2. The van der Waals surface area contributed by atoms with Gasteiger partial charge in [0.2, 0.25) is 5.91 Å². The molecule has 0 saturated carbocycles. The maximum atomic E-state index is 12.8. The van der Waals surface area contributed by atoms with Crippen LogP contribution in [0.15, 0.2) is 29.1 Å². The van der Waals surface area contributed by atoms with E-state index in [0.717, 1.165) is 11.3 Å². The fourth-order valence-corrected chi connectivity index (χ4v) is 3.54. The van der Waals surface area contributed by atoms with Crippen LogP contribution in [0.4, 0.5) is 8.78 Å². The summed E-state index contributed by atoms with van der Waals surface area (Å²) in [5.74, 6) is -0.814. The molecule has 1 aromatic heterocycles. The molecule has 0 bridgehead atoms. The number of ether oxygens (including phenoxy) is 2. The third-order valence-corrected chi connectivity index (χ3v) is 5.02. The zero-order chi connectivity index (χ0) is 21.0. The van der Waals surface area contributed by atoms with Gasteiger partial charge in [-0.3, -0.25) is 14.2 Å². The van der Waals surface area contributed by atoms with Crippen molar-refractivity contribution in [1.82, 2.24) is 9.47 Å². The number of esters is 1. The first-order valence-electron chi connectivity index (χ1n) is 8.80. The van der Waals surface area contributed by atoms with Crippen LogP contribution in [-0.2, 0) is 20.9 Å². The average molecular weight is 424 g/mol. The van der Waals surface area contributed by atoms with Crippen molar-refractivity contribution in [3.05, 3.63) is 49.4 Å². The lowest BCUT2D eigenvalue weighted by molar-refractivity contribution is -0.135. The maximum absolute atomic E-state index is 12.8. The van der Waals surface area contributed by atoms with Crippen molar-refractivity contribution in [1.29, 1.82) is 0 Å². The van der Waals surface area contributed by atoms with E-state index in [1.807, 2.05) is 0 Å². The van der Waals surface area contributed by atoms with Gasteiger partial charge < -0.3 is 14.4 Å². The van der Waals surface area contributed by atoms with Gasteiger partial charge in [-0.15, -0.1) is 11.3 Å². The zero-order valence-electron chi connectivity index (χ0n) is 15.5. The standard InChI is InChI=1S/C19H18F2N2O5S/c1-2-27-17(25)10-16-23(11-15(24)22-7-8-22)18(26)14(29-16)9-12-3-5-13(6-4-12)28-19(20)21/h3-6,9-10,19H,2,7-8,11H2,1H3/b14-9-,16-10-. The lowest BCUT2D eigenvalue weighted by atomic mass is 10.2. The summed E-state index contributed by atoms with van der Waals surface area (Å²) in [6.07, 6.45) is 2.74. The van der Waals surface area contributed by atoms with Crippen molar-refractivity contribution in [3.8, 4) is 5.75 Å². The van der Waals surface area contributed by atoms with Crippen LogP contribution in [0.2, 0.25) is 0 Å². The highest BCUT2D eigenvalue weighted by atomic mass is 32.1. The van der Waals surface area contributed by atoms with Crippen LogP contribution in [0.1, 0.15) is 12.5 Å². The van der Waals surface area contributed by atoms with Gasteiger partial charge in [-0.1, -0.05) is 12.1 Å². The van der Waals surface area contributed by atoms with Crippen molar-refractivity contribution >= 4 is 35.4 Å². The van der Waals surface area contributed by atoms with Gasteiger partial charge in [0.25, 0.3) is 5.56 Å². The van der Waals surface area contributed by atoms with Crippen LogP contribution in [-0.4, -0.2) is 47.7 Å². The predicted molar refractivity (Wildman–Crippen MR) is 102 cm³/mol. The molecule has 0 unspecified atom stereocenters. The topological polar surface area (TPSA) is 77.6 Å². The predicted octanol–water partition coefficient (Wildman–Crippen LogP) is 0.526. The van der Waals surface area contributed by atoms with Gasteiger partial charge >= 0.3 is 12.6 Å². The second-order valence-electron chi connectivity index (χ2n) is 6.06. The van der Waals surface area contributed by atoms with E-state index in [4.69, 9.17) is 4.74 Å². The van der Waals surface area contributed by atoms with E-state index in [1.54, 1.807) is 17.9 Å². The van der Waals surface area contributed by atoms with E-state index in [2.05, 4.69) is 4.74 Å². The molecule has 1 fully saturated rings. The van der Waals surface area contributed by atoms with E-state index in [0.29, 0.717) is 27.8 Å². The maximum Gasteiger partial charge on any atom is 0.387 e. The third kappa shape index (κ3) is 5.50. The molecular weight excluding hydrogens is 406 g/mol. The minimum absolute atomic E-state index is 0.00107. The molecule has 1 amide bonds. The molecule has 154 valence electrons. The molecule has 0 spiro atoms. The summed E-state index contributed by atoms with van der Waals surface area (Å²) in [6, 6.07) is 5.77. The second-order valence-corrected chi connectivity index (χ2v) is 7.13. The first-order chi connectivity index (χ1) is 13.9. The van der Waals surface area contributed by atoms with Crippen LogP contribution in [0, 0.1) is 0 Å². The van der Waals surface area contributed by atoms with Gasteiger partial charge in [0.1, 0.15) is 17.0 Å². The van der Waals surface area contributed by atoms with Crippen molar-refractivity contribution in [2.24, 2.45) is 0 Å². The molecule has 7 nitrogen and oxygen atoms in total. The van der Waals surface area contributed by atoms with E-state index < -0.39 is 18.1 Å². The highest BCUT2D eigenvalue weighted by Crippen LogP contribution is 2.15. The summed E-state index contributed by atoms with van der Waals surface area (Å²) in [5.41, 5.74) is 0.158. The van der Waals surface area contributed by atoms with Crippen LogP contribution in [0.5, 0.6) is 5.75 Å². The number of amides is 1. The monoisotopic (exact) mass is 424 g/mol. The fourth-order valence-electron chi connectivity index (χ4n) is 2.51. The van der Waals surface area contributed by atoms with E-state index in [1.165, 1.54) is 34.9 Å². The Labute approximate surface area is 168 Å². The molecule has 2 heterocycles. The highest BCUT2D eigenvalue weighted by Gasteiger charge is 2.25. The van der Waals surface area contributed by atoms with Crippen molar-refractivity contribution in [2.75, 3.05) is 19.7 Å². The van der Waals surface area contributed by atoms with Gasteiger partial charge in [0.05, 0.1) is 17.2 Å².